The second-order valence-electron chi connectivity index (χ2n) is 15.0. The van der Waals surface area contributed by atoms with Gasteiger partial charge in [0.2, 0.25) is 5.95 Å². The summed E-state index contributed by atoms with van der Waals surface area (Å²) in [5, 5.41) is 6.03. The Balaban J connectivity index is 0.899. The van der Waals surface area contributed by atoms with Crippen LogP contribution in [0, 0.1) is 5.92 Å². The quantitative estimate of drug-likeness (QED) is 0.110. The molecule has 2 aliphatic carbocycles. The van der Waals surface area contributed by atoms with Crippen molar-refractivity contribution in [3.05, 3.63) is 78.1 Å². The predicted octanol–water partition coefficient (Wildman–Crippen LogP) is 7.92. The second kappa shape index (κ2) is 16.9. The van der Waals surface area contributed by atoms with Gasteiger partial charge in [-0.15, -0.1) is 0 Å². The fourth-order valence-corrected chi connectivity index (χ4v) is 8.28. The summed E-state index contributed by atoms with van der Waals surface area (Å²) in [5.41, 5.74) is 14.5. The fraction of sp³-hybridized carbons (Fsp3) is 0.575. The number of hydrazine groups is 1. The Labute approximate surface area is 293 Å². The molecule has 1 saturated heterocycles. The summed E-state index contributed by atoms with van der Waals surface area (Å²) in [7, 11) is 0. The van der Waals surface area contributed by atoms with Crippen LogP contribution in [0.4, 0.5) is 11.8 Å². The van der Waals surface area contributed by atoms with Crippen LogP contribution in [0.1, 0.15) is 107 Å². The van der Waals surface area contributed by atoms with E-state index in [0.29, 0.717) is 18.1 Å². The van der Waals surface area contributed by atoms with Gasteiger partial charge in [0.1, 0.15) is 0 Å². The van der Waals surface area contributed by atoms with E-state index in [1.807, 2.05) is 6.33 Å². The number of nitrogens with zero attached hydrogens (tertiary/aromatic N) is 6. The first kappa shape index (κ1) is 33.9. The van der Waals surface area contributed by atoms with Gasteiger partial charge in [-0.25, -0.2) is 9.99 Å². The molecule has 0 unspecified atom stereocenters. The Bertz CT molecular complexity index is 1510. The number of unbranched alkanes of at least 4 members (excludes halogenated alkanes) is 2. The highest BCUT2D eigenvalue weighted by molar-refractivity contribution is 5.84. The average Bonchev–Trinajstić information content (AvgIpc) is 3.82. The molecule has 9 heteroatoms. The summed E-state index contributed by atoms with van der Waals surface area (Å²) in [6.07, 6.45) is 18.9. The standard InChI is InChI=1S/C40H57N9/c41-34-19-21-35(22-20-34)43-40-44-38(37-39(45-40)49(30-42-37)36-17-9-10-18-36)46-48-26-23-31(24-27-48)12-8-3-11-25-47(28-32-13-4-1-5-14-32)29-33-15-6-2-7-16-33/h1-2,4-7,13-16,30-31,34-36H,3,8-12,17-29,41H2,(H2,43,44,45,46). The van der Waals surface area contributed by atoms with E-state index in [9.17, 15) is 0 Å². The van der Waals surface area contributed by atoms with Crippen molar-refractivity contribution in [1.82, 2.24) is 29.4 Å². The van der Waals surface area contributed by atoms with Gasteiger partial charge >= 0.3 is 0 Å². The molecule has 0 radical (unpaired) electrons. The van der Waals surface area contributed by atoms with Gasteiger partial charge in [-0.2, -0.15) is 9.97 Å². The van der Waals surface area contributed by atoms with Crippen LogP contribution >= 0.6 is 0 Å². The number of fused-ring (bicyclic) bond motifs is 1. The van der Waals surface area contributed by atoms with E-state index < -0.39 is 0 Å². The molecule has 9 nitrogen and oxygen atoms in total. The lowest BCUT2D eigenvalue weighted by atomic mass is 9.92. The Morgan fingerprint density at radius 3 is 2.10 bits per heavy atom. The first-order chi connectivity index (χ1) is 24.2. The Morgan fingerprint density at radius 1 is 0.755 bits per heavy atom. The lowest BCUT2D eigenvalue weighted by Gasteiger charge is -2.32. The minimum Gasteiger partial charge on any atom is -0.351 e. The molecule has 49 heavy (non-hydrogen) atoms. The number of aromatic nitrogens is 4. The second-order valence-corrected chi connectivity index (χ2v) is 15.0. The number of piperidine rings is 1. The number of nitrogens with two attached hydrogens (primary N) is 1. The molecule has 1 aliphatic heterocycles. The smallest absolute Gasteiger partial charge is 0.227 e. The molecule has 0 amide bonds. The van der Waals surface area contributed by atoms with Crippen LogP contribution in [0.5, 0.6) is 0 Å². The van der Waals surface area contributed by atoms with E-state index in [4.69, 9.17) is 20.7 Å². The average molecular weight is 664 g/mol. The molecular formula is C40H57N9. The molecule has 3 aliphatic rings. The molecule has 0 bridgehead atoms. The van der Waals surface area contributed by atoms with E-state index in [1.54, 1.807) is 0 Å². The zero-order valence-electron chi connectivity index (χ0n) is 29.4. The SMILES string of the molecule is NC1CCC(Nc2nc(NN3CCC(CCCCCN(Cc4ccccc4)Cc4ccccc4)CC3)c3ncn(C4CCCC4)c3n2)CC1. The van der Waals surface area contributed by atoms with Gasteiger partial charge in [0, 0.05) is 44.3 Å². The van der Waals surface area contributed by atoms with Crippen LogP contribution < -0.4 is 16.5 Å². The molecular weight excluding hydrogens is 607 g/mol. The van der Waals surface area contributed by atoms with Gasteiger partial charge in [-0.05, 0) is 81.4 Å². The van der Waals surface area contributed by atoms with Crippen molar-refractivity contribution < 1.29 is 0 Å². The number of rotatable bonds is 15. The van der Waals surface area contributed by atoms with Crippen LogP contribution in [0.2, 0.25) is 0 Å². The normalized spacial score (nSPS) is 21.1. The van der Waals surface area contributed by atoms with Crippen molar-refractivity contribution in [2.45, 2.75) is 121 Å². The van der Waals surface area contributed by atoms with Crippen LogP contribution in [0.3, 0.4) is 0 Å². The van der Waals surface area contributed by atoms with Crippen molar-refractivity contribution in [3.63, 3.8) is 0 Å². The van der Waals surface area contributed by atoms with Crippen LogP contribution in [0.15, 0.2) is 67.0 Å². The van der Waals surface area contributed by atoms with Gasteiger partial charge in [-0.3, -0.25) is 4.90 Å². The molecule has 0 atom stereocenters. The van der Waals surface area contributed by atoms with Crippen molar-refractivity contribution in [2.24, 2.45) is 11.7 Å². The molecule has 2 aromatic heterocycles. The zero-order chi connectivity index (χ0) is 33.3. The van der Waals surface area contributed by atoms with E-state index >= 15 is 0 Å². The topological polar surface area (TPSA) is 100 Å². The summed E-state index contributed by atoms with van der Waals surface area (Å²) in [5.74, 6) is 2.35. The number of benzene rings is 2. The van der Waals surface area contributed by atoms with E-state index in [0.717, 1.165) is 87.3 Å². The first-order valence-electron chi connectivity index (χ1n) is 19.2. The lowest BCUT2D eigenvalue weighted by Crippen LogP contribution is -2.38. The minimum absolute atomic E-state index is 0.325. The molecule has 2 aromatic carbocycles. The number of hydrogen-bond acceptors (Lipinski definition) is 8. The highest BCUT2D eigenvalue weighted by atomic mass is 15.5. The van der Waals surface area contributed by atoms with Crippen LogP contribution in [-0.4, -0.2) is 61.1 Å². The minimum atomic E-state index is 0.325. The Kier molecular flexibility index (Phi) is 11.7. The fourth-order valence-electron chi connectivity index (χ4n) is 8.28. The molecule has 4 N–H and O–H groups in total. The highest BCUT2D eigenvalue weighted by Gasteiger charge is 2.26. The summed E-state index contributed by atoms with van der Waals surface area (Å²) >= 11 is 0. The van der Waals surface area contributed by atoms with E-state index in [-0.39, 0.29) is 0 Å². The number of imidazole rings is 1. The third-order valence-electron chi connectivity index (χ3n) is 11.2. The van der Waals surface area contributed by atoms with Gasteiger partial charge in [0.05, 0.1) is 6.33 Å². The summed E-state index contributed by atoms with van der Waals surface area (Å²) in [6, 6.07) is 23.0. The Morgan fingerprint density at radius 2 is 1.43 bits per heavy atom. The molecule has 3 heterocycles. The van der Waals surface area contributed by atoms with E-state index in [1.165, 1.54) is 75.3 Å². The summed E-state index contributed by atoms with van der Waals surface area (Å²) < 4.78 is 2.31. The summed E-state index contributed by atoms with van der Waals surface area (Å²) in [6.45, 7) is 5.22. The van der Waals surface area contributed by atoms with Crippen LogP contribution in [0.25, 0.3) is 11.2 Å². The highest BCUT2D eigenvalue weighted by Crippen LogP contribution is 2.34. The Hall–Kier alpha value is -3.53. The maximum absolute atomic E-state index is 6.19. The molecule has 3 fully saturated rings. The molecule has 262 valence electrons. The lowest BCUT2D eigenvalue weighted by molar-refractivity contribution is 0.204. The van der Waals surface area contributed by atoms with Crippen LogP contribution in [-0.2, 0) is 13.1 Å². The molecule has 4 aromatic rings. The predicted molar refractivity (Wildman–Crippen MR) is 200 cm³/mol. The largest absolute Gasteiger partial charge is 0.351 e. The van der Waals surface area contributed by atoms with Crippen molar-refractivity contribution in [1.29, 1.82) is 0 Å². The number of anilines is 2. The maximum atomic E-state index is 6.19. The van der Waals surface area contributed by atoms with Crippen molar-refractivity contribution in [2.75, 3.05) is 30.4 Å². The van der Waals surface area contributed by atoms with Gasteiger partial charge in [0.15, 0.2) is 17.0 Å². The molecule has 7 rings (SSSR count). The van der Waals surface area contributed by atoms with Gasteiger partial charge in [0.25, 0.3) is 0 Å². The molecule has 0 spiro atoms. The van der Waals surface area contributed by atoms with Crippen molar-refractivity contribution >= 4 is 22.9 Å². The number of nitrogens with one attached hydrogen (secondary N) is 2. The van der Waals surface area contributed by atoms with Crippen molar-refractivity contribution in [3.8, 4) is 0 Å². The van der Waals surface area contributed by atoms with Gasteiger partial charge in [-0.1, -0.05) is 92.8 Å². The zero-order valence-corrected chi connectivity index (χ0v) is 29.4. The first-order valence-corrected chi connectivity index (χ1v) is 19.2. The third-order valence-corrected chi connectivity index (χ3v) is 11.2. The van der Waals surface area contributed by atoms with Gasteiger partial charge < -0.3 is 21.0 Å². The third kappa shape index (κ3) is 9.38. The monoisotopic (exact) mass is 663 g/mol. The molecule has 2 saturated carbocycles. The maximum Gasteiger partial charge on any atom is 0.227 e. The van der Waals surface area contributed by atoms with E-state index in [2.05, 4.69) is 85.9 Å². The number of hydrogen-bond donors (Lipinski definition) is 3. The summed E-state index contributed by atoms with van der Waals surface area (Å²) in [4.78, 5) is 17.5.